The smallest absolute Gasteiger partial charge is 0.545 e. The molecule has 0 saturated carbocycles. The molecule has 0 aromatic heterocycles. The minimum Gasteiger partial charge on any atom is -0.545 e. The van der Waals surface area contributed by atoms with Gasteiger partial charge < -0.3 is 24.7 Å². The number of amides is 1. The van der Waals surface area contributed by atoms with E-state index in [-0.39, 0.29) is 41.0 Å². The van der Waals surface area contributed by atoms with Crippen molar-refractivity contribution in [2.75, 3.05) is 19.5 Å². The van der Waals surface area contributed by atoms with Crippen LogP contribution in [0.3, 0.4) is 0 Å². The molecule has 0 aliphatic rings. The van der Waals surface area contributed by atoms with E-state index in [0.29, 0.717) is 17.2 Å². The number of nitrogens with one attached hydrogen (secondary N) is 1. The van der Waals surface area contributed by atoms with E-state index in [2.05, 4.69) is 5.32 Å². The van der Waals surface area contributed by atoms with Gasteiger partial charge in [-0.3, -0.25) is 4.79 Å². The largest absolute Gasteiger partial charge is 1.00 e. The molecule has 1 amide bonds. The molecule has 0 heterocycles. The number of rotatable bonds is 6. The average molecular weight is 349 g/mol. The van der Waals surface area contributed by atoms with E-state index in [1.807, 2.05) is 0 Å². The summed E-state index contributed by atoms with van der Waals surface area (Å²) < 4.78 is 10.3. The third kappa shape index (κ3) is 5.94. The normalized spacial score (nSPS) is 10.0. The summed E-state index contributed by atoms with van der Waals surface area (Å²) in [5.74, 6) is -0.433. The molecule has 6 nitrogen and oxygen atoms in total. The minimum absolute atomic E-state index is 0. The Morgan fingerprint density at radius 1 is 1.00 bits per heavy atom. The molecule has 1 N–H and O–H groups in total. The van der Waals surface area contributed by atoms with E-state index < -0.39 is 5.97 Å². The zero-order valence-electron chi connectivity index (χ0n) is 14.2. The monoisotopic (exact) mass is 349 g/mol. The van der Waals surface area contributed by atoms with Crippen LogP contribution in [0.4, 0.5) is 5.69 Å². The molecule has 0 unspecified atom stereocenters. The van der Waals surface area contributed by atoms with E-state index in [1.54, 1.807) is 31.4 Å². The number of carboxylic acids is 1. The zero-order chi connectivity index (χ0) is 17.5. The van der Waals surface area contributed by atoms with Gasteiger partial charge in [0.15, 0.2) is 11.5 Å². The maximum absolute atomic E-state index is 11.9. The number of anilines is 1. The van der Waals surface area contributed by atoms with Crippen LogP contribution in [-0.4, -0.2) is 26.1 Å². The second-order valence-corrected chi connectivity index (χ2v) is 4.80. The number of carbonyl (C=O) groups is 2. The molecule has 7 heteroatoms. The first-order valence-electron chi connectivity index (χ1n) is 7.06. The third-order valence-electron chi connectivity index (χ3n) is 3.22. The van der Waals surface area contributed by atoms with Crippen molar-refractivity contribution >= 4 is 23.6 Å². The van der Waals surface area contributed by atoms with Crippen LogP contribution in [0.15, 0.2) is 48.5 Å². The van der Waals surface area contributed by atoms with Gasteiger partial charge in [0.2, 0.25) is 5.91 Å². The topological polar surface area (TPSA) is 87.7 Å². The predicted molar refractivity (Wildman–Crippen MR) is 88.0 cm³/mol. The molecule has 0 fully saturated rings. The fourth-order valence-corrected chi connectivity index (χ4v) is 2.00. The van der Waals surface area contributed by atoms with Gasteiger partial charge in [-0.05, 0) is 41.5 Å². The van der Waals surface area contributed by atoms with Gasteiger partial charge in [-0.15, -0.1) is 0 Å². The van der Waals surface area contributed by atoms with Crippen molar-refractivity contribution in [3.05, 3.63) is 59.7 Å². The average Bonchev–Trinajstić information content (AvgIpc) is 2.60. The van der Waals surface area contributed by atoms with E-state index >= 15 is 0 Å². The van der Waals surface area contributed by atoms with Crippen molar-refractivity contribution in [3.63, 3.8) is 0 Å². The number of aromatic carboxylic acids is 1. The van der Waals surface area contributed by atoms with Gasteiger partial charge in [0.1, 0.15) is 0 Å². The maximum atomic E-state index is 11.9. The Hall–Kier alpha value is -2.28. The molecular weight excluding hydrogens is 333 g/mol. The number of methoxy groups -OCH3 is 2. The summed E-state index contributed by atoms with van der Waals surface area (Å²) in [5.41, 5.74) is 1.31. The first kappa shape index (κ1) is 20.8. The van der Waals surface area contributed by atoms with Crippen molar-refractivity contribution < 1.29 is 53.7 Å². The minimum atomic E-state index is -1.26. The van der Waals surface area contributed by atoms with Gasteiger partial charge in [-0.25, -0.2) is 0 Å². The fraction of sp³-hybridized carbons (Fsp3) is 0.111. The summed E-state index contributed by atoms with van der Waals surface area (Å²) in [6.45, 7) is 0. The fourth-order valence-electron chi connectivity index (χ4n) is 2.00. The molecule has 25 heavy (non-hydrogen) atoms. The molecule has 2 aromatic rings. The molecule has 2 rings (SSSR count). The van der Waals surface area contributed by atoms with Crippen molar-refractivity contribution in [1.82, 2.24) is 0 Å². The van der Waals surface area contributed by atoms with Gasteiger partial charge in [-0.1, -0.05) is 18.2 Å². The van der Waals surface area contributed by atoms with Gasteiger partial charge in [0, 0.05) is 11.8 Å². The Morgan fingerprint density at radius 3 is 2.20 bits per heavy atom. The maximum Gasteiger partial charge on any atom is 1.00 e. The Kier molecular flexibility index (Phi) is 8.21. The summed E-state index contributed by atoms with van der Waals surface area (Å²) in [7, 11) is 3.08. The van der Waals surface area contributed by atoms with Crippen LogP contribution in [0.2, 0.25) is 0 Å². The van der Waals surface area contributed by atoms with Crippen LogP contribution >= 0.6 is 0 Å². The summed E-state index contributed by atoms with van der Waals surface area (Å²) >= 11 is 0. The first-order valence-corrected chi connectivity index (χ1v) is 7.06. The number of carbonyl (C=O) groups excluding carboxylic acids is 2. The Labute approximate surface area is 167 Å². The molecule has 0 atom stereocenters. The molecule has 0 saturated heterocycles. The molecule has 0 radical (unpaired) electrons. The van der Waals surface area contributed by atoms with Gasteiger partial charge in [0.25, 0.3) is 0 Å². The van der Waals surface area contributed by atoms with Crippen LogP contribution in [0.1, 0.15) is 15.9 Å². The molecule has 0 spiro atoms. The van der Waals surface area contributed by atoms with E-state index in [0.717, 1.165) is 5.56 Å². The summed E-state index contributed by atoms with van der Waals surface area (Å²) in [6.07, 6.45) is 3.00. The molecule has 124 valence electrons. The summed E-state index contributed by atoms with van der Waals surface area (Å²) in [6, 6.07) is 11.0. The van der Waals surface area contributed by atoms with Crippen LogP contribution in [0, 0.1) is 0 Å². The number of hydrogen-bond donors (Lipinski definition) is 1. The predicted octanol–water partition coefficient (Wildman–Crippen LogP) is -1.28. The van der Waals surface area contributed by atoms with Crippen LogP contribution in [0.5, 0.6) is 11.5 Å². The van der Waals surface area contributed by atoms with Crippen molar-refractivity contribution in [2.45, 2.75) is 0 Å². The van der Waals surface area contributed by atoms with Gasteiger partial charge in [-0.2, -0.15) is 0 Å². The van der Waals surface area contributed by atoms with Crippen molar-refractivity contribution in [2.24, 2.45) is 0 Å². The van der Waals surface area contributed by atoms with Crippen molar-refractivity contribution in [1.29, 1.82) is 0 Å². The van der Waals surface area contributed by atoms with Gasteiger partial charge in [0.05, 0.1) is 20.2 Å². The van der Waals surface area contributed by atoms with Crippen LogP contribution in [0.25, 0.3) is 6.08 Å². The Morgan fingerprint density at radius 2 is 1.64 bits per heavy atom. The molecule has 2 aromatic carbocycles. The summed E-state index contributed by atoms with van der Waals surface area (Å²) in [4.78, 5) is 22.6. The second-order valence-electron chi connectivity index (χ2n) is 4.80. The third-order valence-corrected chi connectivity index (χ3v) is 3.22. The van der Waals surface area contributed by atoms with Crippen molar-refractivity contribution in [3.8, 4) is 11.5 Å². The number of hydrogen-bond acceptors (Lipinski definition) is 5. The molecule has 0 aliphatic heterocycles. The molecule has 0 aliphatic carbocycles. The molecular formula is C18H16NNaO5. The van der Waals surface area contributed by atoms with Gasteiger partial charge >= 0.3 is 29.6 Å². The second kappa shape index (κ2) is 9.88. The standard InChI is InChI=1S/C18H17NO5.Na/c1-23-15-9-3-12(11-16(15)24-2)4-10-17(20)19-14-7-5-13(6-8-14)18(21)22;/h3-11H,1-2H3,(H,19,20)(H,21,22);/q;+1/p-1. The SMILES string of the molecule is COc1ccc(C=CC(=O)Nc2ccc(C(=O)[O-])cc2)cc1OC.[Na+]. The van der Waals surface area contributed by atoms with Crippen LogP contribution in [-0.2, 0) is 4.79 Å². The Bertz CT molecular complexity index is 772. The Balaban J connectivity index is 0.00000312. The number of carboxylic acid groups (broad SMARTS) is 1. The zero-order valence-corrected chi connectivity index (χ0v) is 16.2. The number of benzene rings is 2. The molecule has 0 bridgehead atoms. The quantitative estimate of drug-likeness (QED) is 0.519. The van der Waals surface area contributed by atoms with E-state index in [1.165, 1.54) is 37.5 Å². The van der Waals surface area contributed by atoms with E-state index in [4.69, 9.17) is 9.47 Å². The summed E-state index contributed by atoms with van der Waals surface area (Å²) in [5, 5.41) is 13.3. The van der Waals surface area contributed by atoms with Crippen LogP contribution < -0.4 is 49.5 Å². The first-order chi connectivity index (χ1) is 11.5. The van der Waals surface area contributed by atoms with E-state index in [9.17, 15) is 14.7 Å². The number of ether oxygens (including phenoxy) is 2.